The average molecular weight is 326 g/mol. The summed E-state index contributed by atoms with van der Waals surface area (Å²) in [4.78, 5) is 13.9. The molecule has 1 aliphatic heterocycles. The van der Waals surface area contributed by atoms with E-state index in [0.717, 1.165) is 39.0 Å². The average Bonchev–Trinajstić information content (AvgIpc) is 2.93. The topological polar surface area (TPSA) is 61.8 Å². The summed E-state index contributed by atoms with van der Waals surface area (Å²) in [5, 5.41) is 13.0. The summed E-state index contributed by atoms with van der Waals surface area (Å²) in [6.45, 7) is 9.70. The summed E-state index contributed by atoms with van der Waals surface area (Å²) in [5.41, 5.74) is -0.417. The summed E-state index contributed by atoms with van der Waals surface area (Å²) >= 11 is 0. The van der Waals surface area contributed by atoms with E-state index in [1.807, 2.05) is 25.7 Å². The van der Waals surface area contributed by atoms with E-state index in [-0.39, 0.29) is 6.09 Å². The van der Waals surface area contributed by atoms with Gasteiger partial charge in [0.1, 0.15) is 5.60 Å². The van der Waals surface area contributed by atoms with E-state index < -0.39 is 5.60 Å². The second-order valence-electron chi connectivity index (χ2n) is 8.20. The number of rotatable bonds is 5. The molecule has 2 N–H and O–H groups in total. The maximum Gasteiger partial charge on any atom is 0.410 e. The van der Waals surface area contributed by atoms with Gasteiger partial charge in [-0.05, 0) is 77.3 Å². The molecule has 1 amide bonds. The van der Waals surface area contributed by atoms with Crippen LogP contribution in [0.1, 0.15) is 52.9 Å². The van der Waals surface area contributed by atoms with Crippen molar-refractivity contribution < 1.29 is 14.6 Å². The smallest absolute Gasteiger partial charge is 0.410 e. The molecular weight excluding hydrogens is 292 g/mol. The van der Waals surface area contributed by atoms with Gasteiger partial charge >= 0.3 is 6.09 Å². The van der Waals surface area contributed by atoms with Gasteiger partial charge < -0.3 is 20.1 Å². The molecule has 0 aromatic carbocycles. The lowest BCUT2D eigenvalue weighted by Gasteiger charge is -2.33. The van der Waals surface area contributed by atoms with Crippen molar-refractivity contribution in [3.05, 3.63) is 0 Å². The Morgan fingerprint density at radius 1 is 1.13 bits per heavy atom. The molecular formula is C18H34N2O3. The Bertz CT molecular complexity index is 373. The van der Waals surface area contributed by atoms with Crippen LogP contribution in [0.2, 0.25) is 0 Å². The standard InChI is InChI=1S/C18H34N2O3/c1-18(2,3)23-17(22)20-9-7-14(8-10-20)11-19-12-15-5-4-6-16(15)13-21/h14-16,19,21H,4-13H2,1-3H3. The number of carbonyl (C=O) groups excluding carboxylic acids is 1. The van der Waals surface area contributed by atoms with Gasteiger partial charge in [-0.25, -0.2) is 4.79 Å². The minimum absolute atomic E-state index is 0.180. The second-order valence-corrected chi connectivity index (χ2v) is 8.20. The van der Waals surface area contributed by atoms with Crippen LogP contribution in [-0.2, 0) is 4.74 Å². The van der Waals surface area contributed by atoms with Gasteiger partial charge in [0, 0.05) is 19.7 Å². The Hall–Kier alpha value is -0.810. The number of hydrogen-bond acceptors (Lipinski definition) is 4. The Balaban J connectivity index is 1.62. The van der Waals surface area contributed by atoms with Crippen LogP contribution < -0.4 is 5.32 Å². The van der Waals surface area contributed by atoms with E-state index in [9.17, 15) is 9.90 Å². The first-order valence-corrected chi connectivity index (χ1v) is 9.18. The molecule has 5 nitrogen and oxygen atoms in total. The van der Waals surface area contributed by atoms with Crippen molar-refractivity contribution in [3.8, 4) is 0 Å². The van der Waals surface area contributed by atoms with Crippen LogP contribution in [0.4, 0.5) is 4.79 Å². The molecule has 0 aromatic heterocycles. The molecule has 1 saturated carbocycles. The van der Waals surface area contributed by atoms with Crippen LogP contribution >= 0.6 is 0 Å². The lowest BCUT2D eigenvalue weighted by atomic mass is 9.95. The summed E-state index contributed by atoms with van der Waals surface area (Å²) in [6, 6.07) is 0. The first kappa shape index (κ1) is 18.5. The van der Waals surface area contributed by atoms with Crippen LogP contribution in [0.15, 0.2) is 0 Å². The SMILES string of the molecule is CC(C)(C)OC(=O)N1CCC(CNCC2CCCC2CO)CC1. The molecule has 1 saturated heterocycles. The Morgan fingerprint density at radius 2 is 1.78 bits per heavy atom. The van der Waals surface area contributed by atoms with Crippen molar-refractivity contribution in [2.24, 2.45) is 17.8 Å². The molecule has 1 heterocycles. The van der Waals surface area contributed by atoms with Gasteiger partial charge in [-0.15, -0.1) is 0 Å². The zero-order valence-corrected chi connectivity index (χ0v) is 15.0. The molecule has 0 spiro atoms. The number of nitrogens with one attached hydrogen (secondary N) is 1. The summed E-state index contributed by atoms with van der Waals surface area (Å²) in [7, 11) is 0. The first-order chi connectivity index (χ1) is 10.9. The highest BCUT2D eigenvalue weighted by atomic mass is 16.6. The van der Waals surface area contributed by atoms with Crippen LogP contribution in [-0.4, -0.2) is 54.5 Å². The number of hydrogen-bond donors (Lipinski definition) is 2. The number of amides is 1. The van der Waals surface area contributed by atoms with Crippen LogP contribution in [0.3, 0.4) is 0 Å². The van der Waals surface area contributed by atoms with Gasteiger partial charge in [0.05, 0.1) is 0 Å². The summed E-state index contributed by atoms with van der Waals surface area (Å²) in [6.07, 6.45) is 5.58. The first-order valence-electron chi connectivity index (χ1n) is 9.18. The zero-order chi connectivity index (χ0) is 16.9. The molecule has 2 unspecified atom stereocenters. The lowest BCUT2D eigenvalue weighted by molar-refractivity contribution is 0.0184. The van der Waals surface area contributed by atoms with Crippen LogP contribution in [0.25, 0.3) is 0 Å². The molecule has 2 fully saturated rings. The minimum atomic E-state index is -0.417. The van der Waals surface area contributed by atoms with E-state index in [4.69, 9.17) is 4.74 Å². The third-order valence-corrected chi connectivity index (χ3v) is 5.16. The van der Waals surface area contributed by atoms with Crippen molar-refractivity contribution in [3.63, 3.8) is 0 Å². The van der Waals surface area contributed by atoms with Crippen molar-refractivity contribution in [1.29, 1.82) is 0 Å². The molecule has 134 valence electrons. The molecule has 2 aliphatic rings. The molecule has 0 aromatic rings. The van der Waals surface area contributed by atoms with Gasteiger partial charge in [-0.1, -0.05) is 6.42 Å². The quantitative estimate of drug-likeness (QED) is 0.815. The van der Waals surface area contributed by atoms with Crippen molar-refractivity contribution >= 4 is 6.09 Å². The van der Waals surface area contributed by atoms with Gasteiger partial charge in [0.2, 0.25) is 0 Å². The van der Waals surface area contributed by atoms with E-state index in [1.165, 1.54) is 19.3 Å². The van der Waals surface area contributed by atoms with Crippen molar-refractivity contribution in [2.75, 3.05) is 32.8 Å². The van der Waals surface area contributed by atoms with E-state index >= 15 is 0 Å². The Morgan fingerprint density at radius 3 is 2.39 bits per heavy atom. The highest BCUT2D eigenvalue weighted by molar-refractivity contribution is 5.68. The normalized spacial score (nSPS) is 26.5. The Labute approximate surface area is 140 Å². The lowest BCUT2D eigenvalue weighted by Crippen LogP contribution is -2.43. The van der Waals surface area contributed by atoms with E-state index in [2.05, 4.69) is 5.32 Å². The second kappa shape index (κ2) is 8.34. The van der Waals surface area contributed by atoms with Crippen LogP contribution in [0, 0.1) is 17.8 Å². The number of carbonyl (C=O) groups is 1. The molecule has 23 heavy (non-hydrogen) atoms. The van der Waals surface area contributed by atoms with Gasteiger partial charge in [-0.2, -0.15) is 0 Å². The number of nitrogens with zero attached hydrogens (tertiary/aromatic N) is 1. The number of piperidine rings is 1. The van der Waals surface area contributed by atoms with Crippen LogP contribution in [0.5, 0.6) is 0 Å². The highest BCUT2D eigenvalue weighted by Gasteiger charge is 2.28. The highest BCUT2D eigenvalue weighted by Crippen LogP contribution is 2.30. The number of ether oxygens (including phenoxy) is 1. The van der Waals surface area contributed by atoms with E-state index in [0.29, 0.717) is 24.4 Å². The third kappa shape index (κ3) is 5.96. The van der Waals surface area contributed by atoms with Gasteiger partial charge in [0.25, 0.3) is 0 Å². The fourth-order valence-electron chi connectivity index (χ4n) is 3.74. The summed E-state index contributed by atoms with van der Waals surface area (Å²) in [5.74, 6) is 1.78. The molecule has 2 atom stereocenters. The predicted molar refractivity (Wildman–Crippen MR) is 91.3 cm³/mol. The third-order valence-electron chi connectivity index (χ3n) is 5.16. The van der Waals surface area contributed by atoms with Crippen molar-refractivity contribution in [2.45, 2.75) is 58.5 Å². The number of likely N-dealkylation sites (tertiary alicyclic amines) is 1. The number of aliphatic hydroxyl groups excluding tert-OH is 1. The maximum atomic E-state index is 12.0. The minimum Gasteiger partial charge on any atom is -0.444 e. The molecule has 0 radical (unpaired) electrons. The van der Waals surface area contributed by atoms with Gasteiger partial charge in [-0.3, -0.25) is 0 Å². The molecule has 2 rings (SSSR count). The molecule has 1 aliphatic carbocycles. The number of aliphatic hydroxyl groups is 1. The Kier molecular flexibility index (Phi) is 6.72. The monoisotopic (exact) mass is 326 g/mol. The van der Waals surface area contributed by atoms with E-state index in [1.54, 1.807) is 0 Å². The van der Waals surface area contributed by atoms with Gasteiger partial charge in [0.15, 0.2) is 0 Å². The fourth-order valence-corrected chi connectivity index (χ4v) is 3.74. The van der Waals surface area contributed by atoms with Crippen molar-refractivity contribution in [1.82, 2.24) is 10.2 Å². The molecule has 0 bridgehead atoms. The summed E-state index contributed by atoms with van der Waals surface area (Å²) < 4.78 is 5.43. The maximum absolute atomic E-state index is 12.0. The largest absolute Gasteiger partial charge is 0.444 e. The predicted octanol–water partition coefficient (Wildman–Crippen LogP) is 2.63. The zero-order valence-electron chi connectivity index (χ0n) is 15.0. The molecule has 5 heteroatoms. The fraction of sp³-hybridized carbons (Fsp3) is 0.944.